The van der Waals surface area contributed by atoms with Gasteiger partial charge in [0, 0.05) is 88.9 Å². The van der Waals surface area contributed by atoms with E-state index in [-0.39, 0.29) is 147 Å². The summed E-state index contributed by atoms with van der Waals surface area (Å²) in [5.41, 5.74) is 11.8. The lowest BCUT2D eigenvalue weighted by Crippen LogP contribution is -2.57. The number of primary amides is 3. The number of aliphatic imine (C=N–C) groups is 1. The number of aromatic nitrogens is 5. The number of nitrogens with two attached hydrogens (primary N) is 3. The maximum absolute atomic E-state index is 15.2. The standard InChI is InChI=1S/C92H117N23O23S5/c1-13-43(4)69-84(132)101-46(7)77(125)99-45(6)76(124)100-47(8)78(126)114-92(88-111-60(39-143-88)75(94)123)29-28-57(106-73(92)59-38-142-86(109-59)70(113-82(130)62-40-140-65(103-62)35-91(12,136)50(11)117)49(10)138-87(133)58-34-54(48(9)116)53-24-25-55(104-69)72(121)71(53)105-58)85-110-63(41-141-85)81(129)108-61(80(128)98-44(5)74(93)122)37-139-33-31-97-90(135)137-36-51-20-22-52(23-21-51)102-79(127)56(18-17-30-96-89(95)134)107-83(131)68(42(2)3)112-64(118)19-15-14-16-32-115-66(119)26-27-67(115)120/h20-27,34,38-43,46-50,55-56,61,68-70,72-73,104,116-117,121,136H,5-6,13-19,28-33,35-37H2,1-4,7-12H3,(H2,93,122)(H2,94,123)(H,97,135)(H,98,128)(H,99,125)(H,100,124)(H,101,132)(H,102,127)(H,107,131)(H,108,129)(H,112,118)(H,113,130)(H,114,126)(H3,95,96,134)/t43-,46-,47-,48-,49+,50+,55+,56-,61?,68-,69-,70-,72-,73+,91-,92+/m0/s1. The highest BCUT2D eigenvalue weighted by atomic mass is 32.2. The van der Waals surface area contributed by atoms with E-state index in [1.54, 1.807) is 45.1 Å². The van der Waals surface area contributed by atoms with Crippen LogP contribution in [0.3, 0.4) is 0 Å². The third-order valence-corrected chi connectivity index (χ3v) is 28.5. The maximum atomic E-state index is 15.2. The summed E-state index contributed by atoms with van der Waals surface area (Å²) in [6, 6.07) is -5.16. The van der Waals surface area contributed by atoms with Gasteiger partial charge in [0.25, 0.3) is 41.4 Å². The molecular formula is C92H117N23O23S5. The van der Waals surface area contributed by atoms with Gasteiger partial charge in [-0.05, 0) is 121 Å². The average Bonchev–Trinajstić information content (AvgIpc) is 1.63. The Morgan fingerprint density at radius 3 is 2.11 bits per heavy atom. The van der Waals surface area contributed by atoms with E-state index in [1.807, 2.05) is 6.92 Å². The second-order valence-electron chi connectivity index (χ2n) is 35.1. The minimum atomic E-state index is -1.95. The normalized spacial score (nSPS) is 21.2. The predicted octanol–water partition coefficient (Wildman–Crippen LogP) is 2.24. The number of unbranched alkanes of at least 4 members (excludes halogenated alkanes) is 2. The number of rotatable bonds is 39. The van der Waals surface area contributed by atoms with Crippen molar-refractivity contribution in [1.82, 2.24) is 93.6 Å². The van der Waals surface area contributed by atoms with Crippen molar-refractivity contribution in [3.63, 3.8) is 0 Å². The molecule has 51 heteroatoms. The second kappa shape index (κ2) is 50.4. The number of aliphatic hydroxyl groups excluding tert-OH is 3. The van der Waals surface area contributed by atoms with Crippen molar-refractivity contribution in [1.29, 1.82) is 0 Å². The number of cyclic esters (lactones) is 1. The summed E-state index contributed by atoms with van der Waals surface area (Å²) in [4.78, 5) is 260. The van der Waals surface area contributed by atoms with Gasteiger partial charge in [0.2, 0.25) is 41.4 Å². The Morgan fingerprint density at radius 2 is 1.45 bits per heavy atom. The molecule has 10 rings (SSSR count). The number of hydrogen-bond donors (Lipinski definition) is 20. The number of ether oxygens (including phenoxy) is 2. The van der Waals surface area contributed by atoms with E-state index in [0.717, 1.165) is 62.0 Å². The fourth-order valence-corrected chi connectivity index (χ4v) is 19.7. The molecule has 6 aromatic rings. The number of carbonyl (C=O) groups is 17. The summed E-state index contributed by atoms with van der Waals surface area (Å²) in [5.74, 6) is -13.1. The van der Waals surface area contributed by atoms with Crippen molar-refractivity contribution in [2.24, 2.45) is 34.0 Å². The van der Waals surface area contributed by atoms with Crippen LogP contribution in [0.5, 0.6) is 0 Å². The van der Waals surface area contributed by atoms with Crippen molar-refractivity contribution in [2.45, 2.75) is 230 Å². The molecule has 768 valence electrons. The lowest BCUT2D eigenvalue weighted by atomic mass is 9.80. The second-order valence-corrected chi connectivity index (χ2v) is 39.8. The van der Waals surface area contributed by atoms with E-state index in [9.17, 15) is 97.1 Å². The van der Waals surface area contributed by atoms with E-state index in [0.29, 0.717) is 31.2 Å². The first-order chi connectivity index (χ1) is 67.6. The topological polar surface area (TPSA) is 704 Å². The van der Waals surface area contributed by atoms with Crippen LogP contribution in [-0.2, 0) is 80.8 Å². The number of fused-ring (bicyclic) bond motifs is 6. The number of benzene rings is 1. The molecule has 1 aliphatic carbocycles. The van der Waals surface area contributed by atoms with Crippen molar-refractivity contribution in [3.8, 4) is 0 Å². The van der Waals surface area contributed by atoms with Crippen LogP contribution < -0.4 is 86.3 Å². The van der Waals surface area contributed by atoms with Gasteiger partial charge in [-0.1, -0.05) is 78.0 Å². The SMILES string of the molecule is C=C(NC(=O)C(CSCCNC(=O)OCc1ccc(NC(=O)[C@H](CCCNC(N)=O)NC(=O)[C@@H](NC(=O)CCCCCN2C(=O)C=CC2=O)C(C)C)cc1)NC(=O)c1csc(C2=N[C@@H]3c4csc(n4)[C@@H](NC(=O)c4csc(C[C@](C)(O)[C@@H](C)O)n4)[C@@H](C)OC(=O)c4cc([C@H](C)O)c5c(n4)[C@@H](O)[C@@H](C=C5)N[C@@H]([C@@H](C)CC)C(=O)N[C@@H](C)C(=O)NC(=C)C(=O)N[C@@H](C)C(=O)N[C@]3(c3nc(C(N)=O)cs3)CC2)n1)C(N)=O. The van der Waals surface area contributed by atoms with Crippen LogP contribution in [0.1, 0.15) is 241 Å². The quantitative estimate of drug-likeness (QED) is 0.0114. The van der Waals surface area contributed by atoms with Crippen molar-refractivity contribution < 1.29 is 111 Å². The molecule has 23 N–H and O–H groups in total. The number of imide groups is 1. The van der Waals surface area contributed by atoms with Crippen LogP contribution in [0.15, 0.2) is 99.6 Å². The van der Waals surface area contributed by atoms with Crippen LogP contribution in [0.25, 0.3) is 6.08 Å². The van der Waals surface area contributed by atoms with Crippen LogP contribution >= 0.6 is 57.1 Å². The monoisotopic (exact) mass is 2070 g/mol. The molecule has 1 aromatic carbocycles. The zero-order chi connectivity index (χ0) is 105. The van der Waals surface area contributed by atoms with Gasteiger partial charge < -0.3 is 111 Å². The van der Waals surface area contributed by atoms with Crippen LogP contribution in [0.2, 0.25) is 0 Å². The number of alkyl carbamates (subject to hydrolysis) is 1. The Kier molecular flexibility index (Phi) is 39.3. The van der Waals surface area contributed by atoms with E-state index < -0.39 is 220 Å². The minimum absolute atomic E-state index is 0.00479. The molecule has 5 aromatic heterocycles. The molecule has 16 atom stereocenters. The van der Waals surface area contributed by atoms with Crippen molar-refractivity contribution in [3.05, 3.63) is 166 Å². The van der Waals surface area contributed by atoms with E-state index in [1.165, 1.54) is 93.4 Å². The molecule has 0 spiro atoms. The molecule has 17 amide bonds. The summed E-state index contributed by atoms with van der Waals surface area (Å²) in [6.07, 6.45) is 0.521. The number of amides is 17. The van der Waals surface area contributed by atoms with Crippen molar-refractivity contribution >= 4 is 175 Å². The summed E-state index contributed by atoms with van der Waals surface area (Å²) in [7, 11) is 0. The Morgan fingerprint density at radius 1 is 0.755 bits per heavy atom. The fourth-order valence-electron chi connectivity index (χ4n) is 15.0. The Bertz CT molecular complexity index is 5890. The highest BCUT2D eigenvalue weighted by molar-refractivity contribution is 7.99. The number of nitrogens with zero attached hydrogens (tertiary/aromatic N) is 7. The number of nitrogens with one attached hydrogen (secondary N) is 13. The van der Waals surface area contributed by atoms with Crippen molar-refractivity contribution in [2.75, 3.05) is 36.5 Å². The predicted molar refractivity (Wildman–Crippen MR) is 526 cm³/mol. The molecule has 0 fully saturated rings. The molecule has 4 aliphatic rings. The molecule has 46 nitrogen and oxygen atoms in total. The molecular weight excluding hydrogens is 1960 g/mol. The summed E-state index contributed by atoms with van der Waals surface area (Å²) in [6.45, 7) is 22.4. The first kappa shape index (κ1) is 111. The van der Waals surface area contributed by atoms with Crippen LogP contribution in [0.4, 0.5) is 15.3 Å². The van der Waals surface area contributed by atoms with Gasteiger partial charge in [0.1, 0.15) is 104 Å². The highest BCUT2D eigenvalue weighted by Gasteiger charge is 2.51. The number of esters is 1. The molecule has 8 heterocycles. The summed E-state index contributed by atoms with van der Waals surface area (Å²) in [5, 5.41) is 85.7. The number of carbonyl (C=O) groups excluding carboxylic acids is 17. The lowest BCUT2D eigenvalue weighted by Gasteiger charge is -2.41. The molecule has 5 bridgehead atoms. The average molecular weight is 2070 g/mol. The number of hydrogen-bond acceptors (Lipinski definition) is 35. The van der Waals surface area contributed by atoms with E-state index >= 15 is 4.79 Å². The smallest absolute Gasteiger partial charge is 0.407 e. The number of urea groups is 1. The minimum Gasteiger partial charge on any atom is -0.455 e. The molecule has 143 heavy (non-hydrogen) atoms. The molecule has 0 saturated heterocycles. The molecule has 0 radical (unpaired) electrons. The van der Waals surface area contributed by atoms with Crippen LogP contribution in [0, 0.1) is 11.8 Å². The maximum Gasteiger partial charge on any atom is 0.407 e. The first-order valence-corrected chi connectivity index (χ1v) is 50.4. The third kappa shape index (κ3) is 29.8. The highest BCUT2D eigenvalue weighted by Crippen LogP contribution is 2.48. The van der Waals surface area contributed by atoms with Gasteiger partial charge >= 0.3 is 18.1 Å². The largest absolute Gasteiger partial charge is 0.455 e. The zero-order valence-corrected chi connectivity index (χ0v) is 83.9. The molecule has 1 unspecified atom stereocenters. The van der Waals surface area contributed by atoms with Gasteiger partial charge in [-0.2, -0.15) is 11.8 Å². The van der Waals surface area contributed by atoms with Crippen LogP contribution in [-0.4, -0.2) is 248 Å². The van der Waals surface area contributed by atoms with E-state index in [2.05, 4.69) is 102 Å². The van der Waals surface area contributed by atoms with Gasteiger partial charge in [0.05, 0.1) is 63.4 Å². The van der Waals surface area contributed by atoms with Gasteiger partial charge in [-0.3, -0.25) is 82.3 Å². The zero-order valence-electron chi connectivity index (χ0n) is 79.8. The number of thiazole rings is 4. The number of aliphatic hydroxyl groups is 4. The molecule has 0 saturated carbocycles. The third-order valence-electron chi connectivity index (χ3n) is 23.7. The van der Waals surface area contributed by atoms with Gasteiger partial charge in [-0.25, -0.2) is 39.3 Å². The molecule has 3 aliphatic heterocycles. The fraction of sp³-hybridized carbons (Fsp3) is 0.467. The van der Waals surface area contributed by atoms with Gasteiger partial charge in [0.15, 0.2) is 0 Å². The Labute approximate surface area is 841 Å². The number of thioether (sulfide) groups is 1. The Hall–Kier alpha value is -13.5. The summed E-state index contributed by atoms with van der Waals surface area (Å²) < 4.78 is 11.7. The number of anilines is 1. The Balaban J connectivity index is 0.882. The summed E-state index contributed by atoms with van der Waals surface area (Å²) >= 11 is 4.74. The first-order valence-electron chi connectivity index (χ1n) is 45.7. The number of pyridine rings is 1. The van der Waals surface area contributed by atoms with E-state index in [4.69, 9.17) is 36.7 Å². The lowest BCUT2D eigenvalue weighted by molar-refractivity contribution is -0.137. The van der Waals surface area contributed by atoms with Gasteiger partial charge in [-0.15, -0.1) is 45.3 Å².